The Morgan fingerprint density at radius 2 is 2.40 bits per heavy atom. The van der Waals surface area contributed by atoms with Crippen LogP contribution >= 0.6 is 15.9 Å². The van der Waals surface area contributed by atoms with Gasteiger partial charge in [-0.2, -0.15) is 0 Å². The Kier molecular flexibility index (Phi) is 2.95. The van der Waals surface area contributed by atoms with Crippen molar-refractivity contribution in [2.24, 2.45) is 0 Å². The van der Waals surface area contributed by atoms with Gasteiger partial charge in [-0.15, -0.1) is 0 Å². The number of carboxylic acid groups (broad SMARTS) is 1. The van der Waals surface area contributed by atoms with Crippen LogP contribution in [0.4, 0.5) is 0 Å². The molecule has 0 saturated carbocycles. The number of carbonyl (C=O) groups is 1. The normalized spacial score (nSPS) is 18.3. The molecule has 1 N–H and O–H groups in total. The average molecular weight is 271 g/mol. The molecule has 1 aromatic carbocycles. The lowest BCUT2D eigenvalue weighted by Gasteiger charge is -2.08. The van der Waals surface area contributed by atoms with Gasteiger partial charge in [0.05, 0.1) is 6.61 Å². The molecule has 0 amide bonds. The minimum atomic E-state index is -0.754. The van der Waals surface area contributed by atoms with E-state index in [2.05, 4.69) is 15.9 Å². The molecule has 4 heteroatoms. The van der Waals surface area contributed by atoms with E-state index in [0.29, 0.717) is 13.0 Å². The molecule has 0 radical (unpaired) electrons. The van der Waals surface area contributed by atoms with Crippen molar-refractivity contribution in [1.82, 2.24) is 0 Å². The molecule has 2 rings (SSSR count). The summed E-state index contributed by atoms with van der Waals surface area (Å²) in [4.78, 5) is 10.5. The SMILES string of the molecule is O=C(O)CCC1COc2cccc(Br)c21. The number of halogens is 1. The fourth-order valence-corrected chi connectivity index (χ4v) is 2.51. The summed E-state index contributed by atoms with van der Waals surface area (Å²) in [5.74, 6) is 0.321. The first-order valence-corrected chi connectivity index (χ1v) is 5.61. The highest BCUT2D eigenvalue weighted by molar-refractivity contribution is 9.10. The first kappa shape index (κ1) is 10.5. The van der Waals surface area contributed by atoms with Crippen LogP contribution in [0.15, 0.2) is 22.7 Å². The maximum Gasteiger partial charge on any atom is 0.303 e. The van der Waals surface area contributed by atoms with Gasteiger partial charge < -0.3 is 9.84 Å². The Balaban J connectivity index is 2.17. The molecule has 80 valence electrons. The van der Waals surface area contributed by atoms with Crippen molar-refractivity contribution in [3.8, 4) is 5.75 Å². The summed E-state index contributed by atoms with van der Waals surface area (Å²) in [5, 5.41) is 8.64. The third-order valence-electron chi connectivity index (χ3n) is 2.57. The zero-order valence-corrected chi connectivity index (χ0v) is 9.66. The molecule has 0 saturated heterocycles. The molecule has 0 spiro atoms. The van der Waals surface area contributed by atoms with E-state index in [1.165, 1.54) is 0 Å². The molecule has 0 bridgehead atoms. The molecule has 0 aliphatic carbocycles. The van der Waals surface area contributed by atoms with Crippen molar-refractivity contribution in [2.45, 2.75) is 18.8 Å². The summed E-state index contributed by atoms with van der Waals surface area (Å²) >= 11 is 3.47. The van der Waals surface area contributed by atoms with Gasteiger partial charge in [0.15, 0.2) is 0 Å². The van der Waals surface area contributed by atoms with E-state index in [0.717, 1.165) is 15.8 Å². The molecule has 0 aromatic heterocycles. The number of ether oxygens (including phenoxy) is 1. The van der Waals surface area contributed by atoms with Gasteiger partial charge >= 0.3 is 5.97 Å². The summed E-state index contributed by atoms with van der Waals surface area (Å²) < 4.78 is 6.51. The molecule has 3 nitrogen and oxygen atoms in total. The van der Waals surface area contributed by atoms with E-state index in [4.69, 9.17) is 9.84 Å². The van der Waals surface area contributed by atoms with Crippen LogP contribution in [-0.2, 0) is 4.79 Å². The summed E-state index contributed by atoms with van der Waals surface area (Å²) in [6.07, 6.45) is 0.819. The molecular formula is C11H11BrO3. The third-order valence-corrected chi connectivity index (χ3v) is 3.26. The number of rotatable bonds is 3. The van der Waals surface area contributed by atoms with Crippen LogP contribution in [-0.4, -0.2) is 17.7 Å². The first-order chi connectivity index (χ1) is 7.18. The quantitative estimate of drug-likeness (QED) is 0.919. The number of carboxylic acids is 1. The lowest BCUT2D eigenvalue weighted by atomic mass is 9.96. The second-order valence-corrected chi connectivity index (χ2v) is 4.45. The van der Waals surface area contributed by atoms with Gasteiger partial charge in [-0.05, 0) is 18.6 Å². The molecule has 1 aliphatic heterocycles. The predicted octanol–water partition coefficient (Wildman–Crippen LogP) is 2.79. The Morgan fingerprint density at radius 3 is 3.13 bits per heavy atom. The summed E-state index contributed by atoms with van der Waals surface area (Å²) in [6, 6.07) is 5.80. The average Bonchev–Trinajstić information content (AvgIpc) is 2.59. The van der Waals surface area contributed by atoms with E-state index >= 15 is 0 Å². The van der Waals surface area contributed by atoms with Crippen LogP contribution in [0.1, 0.15) is 24.3 Å². The monoisotopic (exact) mass is 270 g/mol. The van der Waals surface area contributed by atoms with E-state index in [1.54, 1.807) is 0 Å². The highest BCUT2D eigenvalue weighted by atomic mass is 79.9. The number of hydrogen-bond acceptors (Lipinski definition) is 2. The Bertz CT molecular complexity index is 389. The summed E-state index contributed by atoms with van der Waals surface area (Å²) in [7, 11) is 0. The predicted molar refractivity (Wildman–Crippen MR) is 59.2 cm³/mol. The summed E-state index contributed by atoms with van der Waals surface area (Å²) in [5.41, 5.74) is 1.11. The molecule has 1 aliphatic rings. The van der Waals surface area contributed by atoms with E-state index in [-0.39, 0.29) is 12.3 Å². The topological polar surface area (TPSA) is 46.5 Å². The highest BCUT2D eigenvalue weighted by Crippen LogP contribution is 2.40. The van der Waals surface area contributed by atoms with Crippen molar-refractivity contribution >= 4 is 21.9 Å². The standard InChI is InChI=1S/C11H11BrO3/c12-8-2-1-3-9-11(8)7(6-15-9)4-5-10(13)14/h1-3,7H,4-6H2,(H,13,14). The molecule has 1 heterocycles. The third kappa shape index (κ3) is 2.15. The molecule has 15 heavy (non-hydrogen) atoms. The van der Waals surface area contributed by atoms with Gasteiger partial charge in [-0.3, -0.25) is 4.79 Å². The van der Waals surface area contributed by atoms with Crippen molar-refractivity contribution in [1.29, 1.82) is 0 Å². The van der Waals surface area contributed by atoms with E-state index in [9.17, 15) is 4.79 Å². The minimum Gasteiger partial charge on any atom is -0.493 e. The minimum absolute atomic E-state index is 0.189. The second kappa shape index (κ2) is 4.23. The maximum atomic E-state index is 10.5. The van der Waals surface area contributed by atoms with Crippen LogP contribution in [0.5, 0.6) is 5.75 Å². The molecule has 1 unspecified atom stereocenters. The van der Waals surface area contributed by atoms with Gasteiger partial charge in [0.1, 0.15) is 5.75 Å². The van der Waals surface area contributed by atoms with E-state index in [1.807, 2.05) is 18.2 Å². The van der Waals surface area contributed by atoms with Gasteiger partial charge in [0.2, 0.25) is 0 Å². The van der Waals surface area contributed by atoms with Crippen LogP contribution in [0, 0.1) is 0 Å². The lowest BCUT2D eigenvalue weighted by Crippen LogP contribution is -2.04. The van der Waals surface area contributed by atoms with Crippen molar-refractivity contribution in [3.63, 3.8) is 0 Å². The largest absolute Gasteiger partial charge is 0.493 e. The van der Waals surface area contributed by atoms with Crippen LogP contribution in [0.25, 0.3) is 0 Å². The number of fused-ring (bicyclic) bond motifs is 1. The zero-order chi connectivity index (χ0) is 10.8. The Labute approximate surface area is 96.2 Å². The van der Waals surface area contributed by atoms with Gasteiger partial charge in [-0.1, -0.05) is 22.0 Å². The maximum absolute atomic E-state index is 10.5. The fraction of sp³-hybridized carbons (Fsp3) is 0.364. The lowest BCUT2D eigenvalue weighted by molar-refractivity contribution is -0.137. The Morgan fingerprint density at radius 1 is 1.60 bits per heavy atom. The van der Waals surface area contributed by atoms with Crippen LogP contribution in [0.2, 0.25) is 0 Å². The zero-order valence-electron chi connectivity index (χ0n) is 8.07. The summed E-state index contributed by atoms with van der Waals surface area (Å²) in [6.45, 7) is 0.589. The second-order valence-electron chi connectivity index (χ2n) is 3.59. The van der Waals surface area contributed by atoms with Gasteiger partial charge in [0, 0.05) is 22.4 Å². The number of aliphatic carboxylic acids is 1. The van der Waals surface area contributed by atoms with Crippen molar-refractivity contribution in [2.75, 3.05) is 6.61 Å². The number of hydrogen-bond donors (Lipinski definition) is 1. The first-order valence-electron chi connectivity index (χ1n) is 4.81. The van der Waals surface area contributed by atoms with Gasteiger partial charge in [-0.25, -0.2) is 0 Å². The molecule has 0 fully saturated rings. The fourth-order valence-electron chi connectivity index (χ4n) is 1.84. The number of benzene rings is 1. The molecule has 1 atom stereocenters. The van der Waals surface area contributed by atoms with E-state index < -0.39 is 5.97 Å². The molecule has 1 aromatic rings. The molecular weight excluding hydrogens is 260 g/mol. The smallest absolute Gasteiger partial charge is 0.303 e. The van der Waals surface area contributed by atoms with Crippen LogP contribution in [0.3, 0.4) is 0 Å². The Hall–Kier alpha value is -1.03. The highest BCUT2D eigenvalue weighted by Gasteiger charge is 2.26. The van der Waals surface area contributed by atoms with Crippen molar-refractivity contribution < 1.29 is 14.6 Å². The van der Waals surface area contributed by atoms with Crippen molar-refractivity contribution in [3.05, 3.63) is 28.2 Å². The van der Waals surface area contributed by atoms with Gasteiger partial charge in [0.25, 0.3) is 0 Å². The van der Waals surface area contributed by atoms with Crippen LogP contribution < -0.4 is 4.74 Å².